The lowest BCUT2D eigenvalue weighted by atomic mass is 10.5. The number of H-pyrrole nitrogens is 1. The molecule has 0 unspecified atom stereocenters. The smallest absolute Gasteiger partial charge is 0.343 e. The Kier molecular flexibility index (Phi) is 4.78. The van der Waals surface area contributed by atoms with Crippen LogP contribution < -0.4 is 11.0 Å². The first-order valence-corrected chi connectivity index (χ1v) is 7.38. The Hall–Kier alpha value is -1.83. The second-order valence-electron chi connectivity index (χ2n) is 4.27. The van der Waals surface area contributed by atoms with Gasteiger partial charge in [-0.15, -0.1) is 5.10 Å². The maximum Gasteiger partial charge on any atom is 0.343 e. The molecule has 0 aliphatic carbocycles. The molecule has 0 saturated heterocycles. The van der Waals surface area contributed by atoms with E-state index in [2.05, 4.69) is 25.5 Å². The predicted octanol–water partition coefficient (Wildman–Crippen LogP) is 1.66. The molecule has 0 aromatic carbocycles. The highest BCUT2D eigenvalue weighted by molar-refractivity contribution is 7.99. The van der Waals surface area contributed by atoms with E-state index in [4.69, 9.17) is 0 Å². The van der Waals surface area contributed by atoms with Crippen molar-refractivity contribution in [3.63, 3.8) is 0 Å². The van der Waals surface area contributed by atoms with E-state index < -0.39 is 0 Å². The fourth-order valence-electron chi connectivity index (χ4n) is 1.72. The first kappa shape index (κ1) is 14.6. The third-order valence-corrected chi connectivity index (χ3v) is 3.44. The van der Waals surface area contributed by atoms with E-state index >= 15 is 0 Å². The van der Waals surface area contributed by atoms with Gasteiger partial charge in [-0.2, -0.15) is 0 Å². The van der Waals surface area contributed by atoms with Crippen molar-refractivity contribution in [1.82, 2.24) is 24.7 Å². The molecule has 0 spiro atoms. The molecular weight excluding hydrogens is 276 g/mol. The zero-order valence-corrected chi connectivity index (χ0v) is 12.6. The Morgan fingerprint density at radius 3 is 2.90 bits per heavy atom. The van der Waals surface area contributed by atoms with Gasteiger partial charge in [-0.1, -0.05) is 6.92 Å². The summed E-state index contributed by atoms with van der Waals surface area (Å²) >= 11 is 1.36. The average Bonchev–Trinajstić information content (AvgIpc) is 2.72. The first-order chi connectivity index (χ1) is 9.63. The summed E-state index contributed by atoms with van der Waals surface area (Å²) in [5.41, 5.74) is 0.686. The molecule has 0 aliphatic heterocycles. The second kappa shape index (κ2) is 6.56. The van der Waals surface area contributed by atoms with Crippen LogP contribution in [0.3, 0.4) is 0 Å². The molecule has 0 aliphatic rings. The molecule has 0 amide bonds. The van der Waals surface area contributed by atoms with E-state index in [1.165, 1.54) is 11.8 Å². The van der Waals surface area contributed by atoms with Gasteiger partial charge in [0.25, 0.3) is 0 Å². The van der Waals surface area contributed by atoms with Gasteiger partial charge in [-0.3, -0.25) is 4.57 Å². The zero-order chi connectivity index (χ0) is 14.5. The van der Waals surface area contributed by atoms with Crippen LogP contribution in [0.5, 0.6) is 0 Å². The monoisotopic (exact) mass is 294 g/mol. The van der Waals surface area contributed by atoms with Crippen molar-refractivity contribution in [3.05, 3.63) is 22.2 Å². The summed E-state index contributed by atoms with van der Waals surface area (Å²) in [7, 11) is 0. The molecule has 8 heteroatoms. The standard InChI is InChI=1S/C12H18N6OS/c1-4-6-18-11(19)16-17-12(18)20-9-7-8(3)14-10(15-9)13-5-2/h7H,4-6H2,1-3H3,(H,16,19)(H,13,14,15). The summed E-state index contributed by atoms with van der Waals surface area (Å²) in [5.74, 6) is 0.593. The van der Waals surface area contributed by atoms with Crippen molar-refractivity contribution in [2.24, 2.45) is 0 Å². The molecule has 108 valence electrons. The predicted molar refractivity (Wildman–Crippen MR) is 78.2 cm³/mol. The van der Waals surface area contributed by atoms with Gasteiger partial charge in [-0.05, 0) is 38.1 Å². The van der Waals surface area contributed by atoms with Crippen molar-refractivity contribution in [2.75, 3.05) is 11.9 Å². The lowest BCUT2D eigenvalue weighted by Gasteiger charge is -2.06. The van der Waals surface area contributed by atoms with Gasteiger partial charge < -0.3 is 5.32 Å². The van der Waals surface area contributed by atoms with Crippen molar-refractivity contribution < 1.29 is 0 Å². The molecule has 0 radical (unpaired) electrons. The number of hydrogen-bond acceptors (Lipinski definition) is 6. The maximum absolute atomic E-state index is 11.6. The summed E-state index contributed by atoms with van der Waals surface area (Å²) < 4.78 is 1.62. The molecule has 0 bridgehead atoms. The third kappa shape index (κ3) is 3.38. The lowest BCUT2D eigenvalue weighted by molar-refractivity contribution is 0.603. The minimum Gasteiger partial charge on any atom is -0.354 e. The number of aromatic amines is 1. The van der Waals surface area contributed by atoms with E-state index in [9.17, 15) is 4.79 Å². The first-order valence-electron chi connectivity index (χ1n) is 6.56. The Morgan fingerprint density at radius 2 is 2.20 bits per heavy atom. The van der Waals surface area contributed by atoms with Gasteiger partial charge >= 0.3 is 5.69 Å². The number of rotatable bonds is 6. The summed E-state index contributed by atoms with van der Waals surface area (Å²) in [6.45, 7) is 7.33. The molecular formula is C12H18N6OS. The highest BCUT2D eigenvalue weighted by atomic mass is 32.2. The molecule has 2 aromatic rings. The molecule has 2 N–H and O–H groups in total. The fourth-order valence-corrected chi connectivity index (χ4v) is 2.65. The van der Waals surface area contributed by atoms with E-state index in [0.29, 0.717) is 17.6 Å². The van der Waals surface area contributed by atoms with Gasteiger partial charge in [0.05, 0.1) is 0 Å². The molecule has 20 heavy (non-hydrogen) atoms. The number of aryl methyl sites for hydroxylation is 1. The summed E-state index contributed by atoms with van der Waals surface area (Å²) in [6.07, 6.45) is 0.873. The third-order valence-electron chi connectivity index (χ3n) is 2.53. The van der Waals surface area contributed by atoms with Crippen LogP contribution in [0.15, 0.2) is 21.0 Å². The molecule has 0 saturated carbocycles. The van der Waals surface area contributed by atoms with Crippen LogP contribution in [-0.4, -0.2) is 31.3 Å². The van der Waals surface area contributed by atoms with Crippen molar-refractivity contribution in [3.8, 4) is 0 Å². The van der Waals surface area contributed by atoms with Crippen molar-refractivity contribution in [1.29, 1.82) is 0 Å². The number of aromatic nitrogens is 5. The topological polar surface area (TPSA) is 88.5 Å². The van der Waals surface area contributed by atoms with Gasteiger partial charge in [0, 0.05) is 18.8 Å². The zero-order valence-electron chi connectivity index (χ0n) is 11.8. The molecule has 2 aromatic heterocycles. The van der Waals surface area contributed by atoms with E-state index in [1.807, 2.05) is 26.8 Å². The Bertz CT molecular complexity index is 635. The van der Waals surface area contributed by atoms with E-state index in [-0.39, 0.29) is 5.69 Å². The normalized spacial score (nSPS) is 10.8. The molecule has 2 rings (SSSR count). The maximum atomic E-state index is 11.6. The number of nitrogens with zero attached hydrogens (tertiary/aromatic N) is 4. The van der Waals surface area contributed by atoms with Crippen LogP contribution in [0.2, 0.25) is 0 Å². The Balaban J connectivity index is 2.27. The number of anilines is 1. The van der Waals surface area contributed by atoms with Gasteiger partial charge in [0.2, 0.25) is 5.95 Å². The van der Waals surface area contributed by atoms with Crippen molar-refractivity contribution in [2.45, 2.75) is 43.9 Å². The number of hydrogen-bond donors (Lipinski definition) is 2. The van der Waals surface area contributed by atoms with E-state index in [1.54, 1.807) is 4.57 Å². The van der Waals surface area contributed by atoms with Crippen LogP contribution >= 0.6 is 11.8 Å². The summed E-state index contributed by atoms with van der Waals surface area (Å²) in [6, 6.07) is 1.88. The van der Waals surface area contributed by atoms with Crippen LogP contribution in [-0.2, 0) is 6.54 Å². The highest BCUT2D eigenvalue weighted by Crippen LogP contribution is 2.24. The molecule has 0 fully saturated rings. The Morgan fingerprint density at radius 1 is 1.40 bits per heavy atom. The summed E-state index contributed by atoms with van der Waals surface area (Å²) in [5, 5.41) is 11.0. The van der Waals surface area contributed by atoms with Crippen LogP contribution in [0.25, 0.3) is 0 Å². The van der Waals surface area contributed by atoms with Gasteiger partial charge in [-0.25, -0.2) is 19.9 Å². The average molecular weight is 294 g/mol. The minimum absolute atomic E-state index is 0.188. The SMILES string of the molecule is CCCn1c(Sc2cc(C)nc(NCC)n2)n[nH]c1=O. The second-order valence-corrected chi connectivity index (χ2v) is 5.25. The molecule has 7 nitrogen and oxygen atoms in total. The van der Waals surface area contributed by atoms with Gasteiger partial charge in [0.15, 0.2) is 5.16 Å². The minimum atomic E-state index is -0.188. The number of nitrogens with one attached hydrogen (secondary N) is 2. The molecule has 0 atom stereocenters. The van der Waals surface area contributed by atoms with Crippen LogP contribution in [0.1, 0.15) is 26.0 Å². The van der Waals surface area contributed by atoms with Crippen LogP contribution in [0.4, 0.5) is 5.95 Å². The Labute approximate surface area is 121 Å². The molecule has 2 heterocycles. The highest BCUT2D eigenvalue weighted by Gasteiger charge is 2.11. The summed E-state index contributed by atoms with van der Waals surface area (Å²) in [4.78, 5) is 20.3. The van der Waals surface area contributed by atoms with Gasteiger partial charge in [0.1, 0.15) is 5.03 Å². The van der Waals surface area contributed by atoms with Crippen molar-refractivity contribution >= 4 is 17.7 Å². The van der Waals surface area contributed by atoms with E-state index in [0.717, 1.165) is 23.7 Å². The fraction of sp³-hybridized carbons (Fsp3) is 0.500. The van der Waals surface area contributed by atoms with Crippen LogP contribution in [0, 0.1) is 6.92 Å². The largest absolute Gasteiger partial charge is 0.354 e. The quantitative estimate of drug-likeness (QED) is 0.788. The lowest BCUT2D eigenvalue weighted by Crippen LogP contribution is -2.17.